The average molecular weight is 548 g/mol. The van der Waals surface area contributed by atoms with Crippen LogP contribution in [-0.4, -0.2) is 35.7 Å². The van der Waals surface area contributed by atoms with Crippen LogP contribution in [0.1, 0.15) is 5.56 Å². The number of para-hydroxylation sites is 1. The van der Waals surface area contributed by atoms with Gasteiger partial charge in [0, 0.05) is 11.4 Å². The molecule has 1 fully saturated rings. The zero-order chi connectivity index (χ0) is 27.0. The van der Waals surface area contributed by atoms with Gasteiger partial charge in [-0.3, -0.25) is 9.62 Å². The van der Waals surface area contributed by atoms with Crippen molar-refractivity contribution in [2.75, 3.05) is 22.4 Å². The molecule has 5 rings (SSSR count). The molecule has 8 nitrogen and oxygen atoms in total. The number of nitrogens with zero attached hydrogens (tertiary/aromatic N) is 1. The molecule has 2 N–H and O–H groups in total. The number of anilines is 2. The fourth-order valence-corrected chi connectivity index (χ4v) is 7.32. The maximum Gasteiger partial charge on any atom is 0.323 e. The first-order valence-electron chi connectivity index (χ1n) is 11.7. The Balaban J connectivity index is 1.73. The summed E-state index contributed by atoms with van der Waals surface area (Å²) in [5.41, 5.74) is 2.55. The number of sulfonamides is 1. The van der Waals surface area contributed by atoms with Crippen molar-refractivity contribution >= 4 is 37.3 Å². The molecule has 0 spiro atoms. The molecule has 0 aromatic heterocycles. The van der Waals surface area contributed by atoms with Crippen LogP contribution in [0.25, 0.3) is 11.1 Å². The van der Waals surface area contributed by atoms with Crippen LogP contribution >= 0.6 is 0 Å². The number of hydrogen-bond acceptors (Lipinski definition) is 5. The van der Waals surface area contributed by atoms with Crippen LogP contribution in [0.15, 0.2) is 114 Å². The van der Waals surface area contributed by atoms with Crippen molar-refractivity contribution in [3.63, 3.8) is 0 Å². The minimum absolute atomic E-state index is 0.0854. The van der Waals surface area contributed by atoms with Gasteiger partial charge in [-0.15, -0.1) is 0 Å². The number of nitrogens with one attached hydrogen (secondary N) is 2. The molecule has 1 atom stereocenters. The van der Waals surface area contributed by atoms with Gasteiger partial charge >= 0.3 is 6.03 Å². The molecular formula is C28H25N3O5S2. The van der Waals surface area contributed by atoms with Gasteiger partial charge < -0.3 is 5.32 Å². The van der Waals surface area contributed by atoms with E-state index in [9.17, 15) is 21.6 Å². The molecule has 0 bridgehead atoms. The number of hydrogen-bond donors (Lipinski definition) is 2. The highest BCUT2D eigenvalue weighted by atomic mass is 32.2. The summed E-state index contributed by atoms with van der Waals surface area (Å²) in [6, 6.07) is 30.0. The first-order chi connectivity index (χ1) is 18.1. The van der Waals surface area contributed by atoms with Crippen LogP contribution in [0, 0.1) is 0 Å². The van der Waals surface area contributed by atoms with Gasteiger partial charge in [0.1, 0.15) is 0 Å². The summed E-state index contributed by atoms with van der Waals surface area (Å²) in [6.07, 6.45) is 1.07. The highest BCUT2D eigenvalue weighted by Gasteiger charge is 2.57. The van der Waals surface area contributed by atoms with E-state index in [1.807, 2.05) is 6.07 Å². The van der Waals surface area contributed by atoms with E-state index in [2.05, 4.69) is 10.0 Å². The molecule has 0 aliphatic carbocycles. The van der Waals surface area contributed by atoms with Gasteiger partial charge in [-0.05, 0) is 59.2 Å². The molecule has 10 heteroatoms. The zero-order valence-corrected chi connectivity index (χ0v) is 22.0. The Bertz CT molecular complexity index is 1710. The lowest BCUT2D eigenvalue weighted by atomic mass is 9.98. The summed E-state index contributed by atoms with van der Waals surface area (Å²) in [7, 11) is -7.65. The normalized spacial score (nSPS) is 17.7. The van der Waals surface area contributed by atoms with Crippen LogP contribution < -0.4 is 14.9 Å². The van der Waals surface area contributed by atoms with Crippen LogP contribution in [0.5, 0.6) is 0 Å². The highest BCUT2D eigenvalue weighted by molar-refractivity contribution is 7.92. The van der Waals surface area contributed by atoms with E-state index in [1.165, 1.54) is 17.0 Å². The summed E-state index contributed by atoms with van der Waals surface area (Å²) < 4.78 is 54.8. The Hall–Kier alpha value is -4.15. The van der Waals surface area contributed by atoms with Crippen molar-refractivity contribution < 1.29 is 21.6 Å². The molecule has 0 saturated carbocycles. The highest BCUT2D eigenvalue weighted by Crippen LogP contribution is 2.45. The van der Waals surface area contributed by atoms with Crippen LogP contribution in [0.4, 0.5) is 16.2 Å². The molecule has 4 aromatic carbocycles. The van der Waals surface area contributed by atoms with Crippen molar-refractivity contribution in [1.82, 2.24) is 5.32 Å². The first-order valence-corrected chi connectivity index (χ1v) is 15.1. The minimum Gasteiger partial charge on any atom is -0.334 e. The molecule has 1 aliphatic rings. The number of carbonyl (C=O) groups is 1. The predicted molar refractivity (Wildman–Crippen MR) is 148 cm³/mol. The summed E-state index contributed by atoms with van der Waals surface area (Å²) in [5.74, 6) is 0. The molecule has 194 valence electrons. The minimum atomic E-state index is -4.16. The fourth-order valence-electron chi connectivity index (χ4n) is 4.73. The first kappa shape index (κ1) is 25.5. The van der Waals surface area contributed by atoms with Gasteiger partial charge in [-0.1, -0.05) is 66.7 Å². The topological polar surface area (TPSA) is 113 Å². The average Bonchev–Trinajstić information content (AvgIpc) is 3.27. The van der Waals surface area contributed by atoms with Crippen molar-refractivity contribution in [3.8, 4) is 11.1 Å². The quantitative estimate of drug-likeness (QED) is 0.352. The summed E-state index contributed by atoms with van der Waals surface area (Å²) in [5, 5.41) is 2.76. The lowest BCUT2D eigenvalue weighted by Gasteiger charge is -2.37. The second-order valence-corrected chi connectivity index (χ2v) is 12.9. The van der Waals surface area contributed by atoms with E-state index in [0.29, 0.717) is 28.1 Å². The number of amides is 2. The molecule has 1 unspecified atom stereocenters. The lowest BCUT2D eigenvalue weighted by Crippen LogP contribution is -2.51. The number of sulfone groups is 1. The lowest BCUT2D eigenvalue weighted by molar-refractivity contribution is 0.251. The Labute approximate surface area is 221 Å². The third kappa shape index (κ3) is 4.52. The third-order valence-corrected chi connectivity index (χ3v) is 9.32. The largest absolute Gasteiger partial charge is 0.334 e. The Morgan fingerprint density at radius 1 is 0.763 bits per heavy atom. The smallest absolute Gasteiger partial charge is 0.323 e. The van der Waals surface area contributed by atoms with Crippen molar-refractivity contribution in [3.05, 3.63) is 115 Å². The van der Waals surface area contributed by atoms with Crippen molar-refractivity contribution in [1.29, 1.82) is 0 Å². The van der Waals surface area contributed by atoms with E-state index >= 15 is 0 Å². The maximum atomic E-state index is 14.4. The Kier molecular flexibility index (Phi) is 6.46. The second kappa shape index (κ2) is 9.62. The molecule has 38 heavy (non-hydrogen) atoms. The summed E-state index contributed by atoms with van der Waals surface area (Å²) in [4.78, 5) is 12.9. The van der Waals surface area contributed by atoms with E-state index in [0.717, 1.165) is 6.26 Å². The molecule has 0 radical (unpaired) electrons. The fraction of sp³-hybridized carbons (Fsp3) is 0.107. The van der Waals surface area contributed by atoms with Gasteiger partial charge in [0.05, 0.1) is 17.7 Å². The maximum absolute atomic E-state index is 14.4. The molecule has 1 heterocycles. The van der Waals surface area contributed by atoms with Crippen LogP contribution in [-0.2, 0) is 24.7 Å². The number of rotatable bonds is 7. The monoisotopic (exact) mass is 547 g/mol. The second-order valence-electron chi connectivity index (χ2n) is 8.97. The zero-order valence-electron chi connectivity index (χ0n) is 20.4. The Morgan fingerprint density at radius 2 is 1.37 bits per heavy atom. The van der Waals surface area contributed by atoms with E-state index in [1.54, 1.807) is 91.0 Å². The molecule has 2 amide bonds. The molecule has 1 saturated heterocycles. The SMILES string of the molecule is CS(=O)(=O)Nc1cccc(-c2cccc(C3(S(=O)(=O)c4ccccc4)CNC(=O)N3c3ccccc3)c2)c1. The summed E-state index contributed by atoms with van der Waals surface area (Å²) >= 11 is 0. The van der Waals surface area contributed by atoms with Gasteiger partial charge in [-0.2, -0.15) is 0 Å². The van der Waals surface area contributed by atoms with Crippen molar-refractivity contribution in [2.24, 2.45) is 0 Å². The molecule has 1 aliphatic heterocycles. The number of carbonyl (C=O) groups excluding carboxylic acids is 1. The number of benzene rings is 4. The molecular weight excluding hydrogens is 522 g/mol. The van der Waals surface area contributed by atoms with E-state index < -0.39 is 30.8 Å². The standard InChI is InChI=1S/C28H25N3O5S2/c1-37(33,34)30-24-13-9-11-22(19-24)21-10-8-12-23(18-21)28(38(35,36)26-16-6-3-7-17-26)20-29-27(32)31(28)25-14-4-2-5-15-25/h2-19,30H,20H2,1H3,(H,29,32). The van der Waals surface area contributed by atoms with Gasteiger partial charge in [0.25, 0.3) is 0 Å². The van der Waals surface area contributed by atoms with Gasteiger partial charge in [0.15, 0.2) is 4.87 Å². The number of urea groups is 1. The van der Waals surface area contributed by atoms with Crippen molar-refractivity contribution in [2.45, 2.75) is 9.77 Å². The molecule has 4 aromatic rings. The van der Waals surface area contributed by atoms with E-state index in [4.69, 9.17) is 0 Å². The van der Waals surface area contributed by atoms with Crippen LogP contribution in [0.3, 0.4) is 0 Å². The van der Waals surface area contributed by atoms with E-state index in [-0.39, 0.29) is 11.4 Å². The third-order valence-electron chi connectivity index (χ3n) is 6.37. The Morgan fingerprint density at radius 3 is 2.03 bits per heavy atom. The predicted octanol–water partition coefficient (Wildman–Crippen LogP) is 4.58. The summed E-state index contributed by atoms with van der Waals surface area (Å²) in [6.45, 7) is -0.170. The van der Waals surface area contributed by atoms with Gasteiger partial charge in [0.2, 0.25) is 19.9 Å². The van der Waals surface area contributed by atoms with Gasteiger partial charge in [-0.25, -0.2) is 21.6 Å². The van der Waals surface area contributed by atoms with Crippen LogP contribution in [0.2, 0.25) is 0 Å².